The van der Waals surface area contributed by atoms with Crippen LogP contribution >= 0.6 is 0 Å². The predicted octanol–water partition coefficient (Wildman–Crippen LogP) is 2.23. The molecule has 0 fully saturated rings. The van der Waals surface area contributed by atoms with Crippen molar-refractivity contribution < 1.29 is 0 Å². The zero-order valence-electron chi connectivity index (χ0n) is 10.4. The molecule has 1 atom stereocenters. The van der Waals surface area contributed by atoms with Crippen molar-refractivity contribution in [2.75, 3.05) is 13.6 Å². The monoisotopic (exact) mass is 191 g/mol. The molecule has 1 aliphatic heterocycles. The first-order valence-corrected chi connectivity index (χ1v) is 5.41. The van der Waals surface area contributed by atoms with Crippen LogP contribution in [0.4, 0.5) is 0 Å². The van der Waals surface area contributed by atoms with E-state index in [1.807, 2.05) is 0 Å². The quantitative estimate of drug-likeness (QED) is 0.530. The second-order valence-electron chi connectivity index (χ2n) is 5.38. The number of hydrogen-bond donors (Lipinski definition) is 0. The summed E-state index contributed by atoms with van der Waals surface area (Å²) >= 11 is 0. The molecule has 0 aromatic carbocycles. The molecule has 0 saturated carbocycles. The van der Waals surface area contributed by atoms with Crippen LogP contribution in [0.2, 0.25) is 5.82 Å². The molecule has 1 nitrogen and oxygen atoms in total. The van der Waals surface area contributed by atoms with Crippen molar-refractivity contribution in [2.45, 2.75) is 33.5 Å². The van der Waals surface area contributed by atoms with Crippen LogP contribution in [0.25, 0.3) is 0 Å². The van der Waals surface area contributed by atoms with E-state index < -0.39 is 0 Å². The maximum absolute atomic E-state index is 2.37. The highest BCUT2D eigenvalue weighted by molar-refractivity contribution is 6.13. The Balaban J connectivity index is 3.03. The van der Waals surface area contributed by atoms with Gasteiger partial charge >= 0.3 is 0 Å². The Labute approximate surface area is 89.3 Å². The Kier molecular flexibility index (Phi) is 3.13. The molecule has 0 saturated heterocycles. The van der Waals surface area contributed by atoms with Gasteiger partial charge in [0.2, 0.25) is 0 Å². The van der Waals surface area contributed by atoms with Gasteiger partial charge in [-0.2, -0.15) is 0 Å². The Morgan fingerprint density at radius 2 is 2.07 bits per heavy atom. The van der Waals surface area contributed by atoms with E-state index >= 15 is 0 Å². The third-order valence-corrected chi connectivity index (χ3v) is 3.34. The van der Waals surface area contributed by atoms with Crippen LogP contribution in [-0.4, -0.2) is 26.3 Å². The second kappa shape index (κ2) is 3.84. The van der Waals surface area contributed by atoms with Crippen molar-refractivity contribution in [3.05, 3.63) is 23.4 Å². The molecule has 2 heteroatoms. The second-order valence-corrected chi connectivity index (χ2v) is 5.38. The standard InChI is InChI=1S/C12H22BN/c1-9(2)10-6-7-11(13)12(3,4)8-14(10)5/h6-7,11H,8,13H2,1-5H3. The topological polar surface area (TPSA) is 3.24 Å². The van der Waals surface area contributed by atoms with E-state index in [-0.39, 0.29) is 0 Å². The van der Waals surface area contributed by atoms with E-state index in [1.165, 1.54) is 11.3 Å². The molecule has 0 aliphatic carbocycles. The highest BCUT2D eigenvalue weighted by Crippen LogP contribution is 2.35. The summed E-state index contributed by atoms with van der Waals surface area (Å²) < 4.78 is 0. The molecule has 78 valence electrons. The van der Waals surface area contributed by atoms with Crippen molar-refractivity contribution in [2.24, 2.45) is 5.41 Å². The molecular formula is C12H22BN. The third-order valence-electron chi connectivity index (χ3n) is 3.34. The smallest absolute Gasteiger partial charge is 0.111 e. The number of nitrogens with zero attached hydrogens (tertiary/aromatic N) is 1. The Hall–Kier alpha value is -0.655. The molecule has 0 N–H and O–H groups in total. The van der Waals surface area contributed by atoms with Crippen molar-refractivity contribution in [3.8, 4) is 0 Å². The lowest BCUT2D eigenvalue weighted by Gasteiger charge is -2.33. The summed E-state index contributed by atoms with van der Waals surface area (Å²) in [5.41, 5.74) is 3.14. The molecule has 14 heavy (non-hydrogen) atoms. The minimum absolute atomic E-state index is 0.364. The highest BCUT2D eigenvalue weighted by atomic mass is 15.1. The van der Waals surface area contributed by atoms with Gasteiger partial charge in [0, 0.05) is 19.3 Å². The van der Waals surface area contributed by atoms with Gasteiger partial charge < -0.3 is 4.90 Å². The van der Waals surface area contributed by atoms with Crippen LogP contribution in [0.15, 0.2) is 23.4 Å². The van der Waals surface area contributed by atoms with Gasteiger partial charge in [0.05, 0.1) is 0 Å². The summed E-state index contributed by atoms with van der Waals surface area (Å²) in [7, 11) is 4.49. The summed E-state index contributed by atoms with van der Waals surface area (Å²) in [6.07, 6.45) is 4.61. The van der Waals surface area contributed by atoms with Gasteiger partial charge in [0.1, 0.15) is 7.85 Å². The zero-order chi connectivity index (χ0) is 10.9. The van der Waals surface area contributed by atoms with Crippen LogP contribution < -0.4 is 0 Å². The Morgan fingerprint density at radius 1 is 1.50 bits per heavy atom. The van der Waals surface area contributed by atoms with Crippen LogP contribution in [0.3, 0.4) is 0 Å². The van der Waals surface area contributed by atoms with Crippen molar-refractivity contribution in [1.82, 2.24) is 4.90 Å². The first-order chi connectivity index (χ1) is 6.34. The molecule has 0 aromatic rings. The fourth-order valence-corrected chi connectivity index (χ4v) is 2.01. The minimum Gasteiger partial charge on any atom is -0.374 e. The first-order valence-electron chi connectivity index (χ1n) is 5.41. The van der Waals surface area contributed by atoms with E-state index in [4.69, 9.17) is 0 Å². The lowest BCUT2D eigenvalue weighted by Crippen LogP contribution is -2.31. The average molecular weight is 191 g/mol. The Bertz CT molecular complexity index is 272. The van der Waals surface area contributed by atoms with Crippen molar-refractivity contribution >= 4 is 7.85 Å². The van der Waals surface area contributed by atoms with Gasteiger partial charge in [-0.3, -0.25) is 0 Å². The van der Waals surface area contributed by atoms with Crippen LogP contribution in [0.1, 0.15) is 27.7 Å². The summed E-state index contributed by atoms with van der Waals surface area (Å²) in [6, 6.07) is 0. The van der Waals surface area contributed by atoms with Crippen LogP contribution in [0, 0.1) is 5.41 Å². The van der Waals surface area contributed by atoms with E-state index in [2.05, 4.69) is 59.6 Å². The lowest BCUT2D eigenvalue weighted by molar-refractivity contribution is 0.259. The Morgan fingerprint density at radius 3 is 2.57 bits per heavy atom. The molecule has 0 spiro atoms. The van der Waals surface area contributed by atoms with E-state index in [0.717, 1.165) is 6.54 Å². The molecule has 0 aromatic heterocycles. The lowest BCUT2D eigenvalue weighted by atomic mass is 9.67. The molecule has 0 bridgehead atoms. The fraction of sp³-hybridized carbons (Fsp3) is 0.667. The number of likely N-dealkylation sites (N-methyl/N-ethyl adjacent to an activating group) is 1. The van der Waals surface area contributed by atoms with Gasteiger partial charge in [0.25, 0.3) is 0 Å². The first kappa shape index (κ1) is 11.4. The van der Waals surface area contributed by atoms with Crippen LogP contribution in [0.5, 0.6) is 0 Å². The van der Waals surface area contributed by atoms with Gasteiger partial charge in [-0.15, -0.1) is 0 Å². The number of rotatable bonds is 0. The fourth-order valence-electron chi connectivity index (χ4n) is 2.01. The van der Waals surface area contributed by atoms with Crippen LogP contribution in [-0.2, 0) is 0 Å². The summed E-state index contributed by atoms with van der Waals surface area (Å²) in [4.78, 5) is 2.37. The third kappa shape index (κ3) is 2.23. The maximum atomic E-state index is 2.37. The molecule has 0 amide bonds. The van der Waals surface area contributed by atoms with Crippen molar-refractivity contribution in [3.63, 3.8) is 0 Å². The number of allylic oxidation sites excluding steroid dienone is 3. The molecule has 1 heterocycles. The van der Waals surface area contributed by atoms with Gasteiger partial charge in [-0.05, 0) is 31.2 Å². The van der Waals surface area contributed by atoms with Crippen molar-refractivity contribution in [1.29, 1.82) is 0 Å². The van der Waals surface area contributed by atoms with E-state index in [0.29, 0.717) is 11.2 Å². The average Bonchev–Trinajstić information content (AvgIpc) is 2.10. The summed E-state index contributed by atoms with van der Waals surface area (Å²) in [5, 5.41) is 0. The van der Waals surface area contributed by atoms with Gasteiger partial charge in [-0.25, -0.2) is 0 Å². The minimum atomic E-state index is 0.364. The predicted molar refractivity (Wildman–Crippen MR) is 66.2 cm³/mol. The van der Waals surface area contributed by atoms with Gasteiger partial charge in [-0.1, -0.05) is 25.5 Å². The van der Waals surface area contributed by atoms with Gasteiger partial charge in [0.15, 0.2) is 0 Å². The highest BCUT2D eigenvalue weighted by Gasteiger charge is 2.28. The van der Waals surface area contributed by atoms with E-state index in [1.54, 1.807) is 0 Å². The summed E-state index contributed by atoms with van der Waals surface area (Å²) in [5.74, 6) is 0.641. The molecule has 0 radical (unpaired) electrons. The maximum Gasteiger partial charge on any atom is 0.111 e. The number of hydrogen-bond acceptors (Lipinski definition) is 1. The largest absolute Gasteiger partial charge is 0.374 e. The normalized spacial score (nSPS) is 26.2. The molecule has 1 rings (SSSR count). The molecule has 1 aliphatic rings. The zero-order valence-corrected chi connectivity index (χ0v) is 10.4. The van der Waals surface area contributed by atoms with E-state index in [9.17, 15) is 0 Å². The molecule has 1 unspecified atom stereocenters. The SMILES string of the molecule is BC1C=CC(=C(C)C)N(C)CC1(C)C. The summed E-state index contributed by atoms with van der Waals surface area (Å²) in [6.45, 7) is 10.2. The molecular weight excluding hydrogens is 169 g/mol.